The van der Waals surface area contributed by atoms with Crippen molar-refractivity contribution < 1.29 is 14.8 Å². The van der Waals surface area contributed by atoms with Crippen LogP contribution in [0.15, 0.2) is 18.2 Å². The monoisotopic (exact) mass is 177 g/mol. The summed E-state index contributed by atoms with van der Waals surface area (Å²) in [6.45, 7) is 0. The van der Waals surface area contributed by atoms with Crippen LogP contribution in [0.1, 0.15) is 5.56 Å². The van der Waals surface area contributed by atoms with Gasteiger partial charge in [-0.1, -0.05) is 6.07 Å². The standard InChI is InChI=1S/C8H8BNO3/c1-13-7-2-3-8(9(11)12)6(4-7)5-10/h2-4,11-12H,1H3. The molecule has 0 unspecified atom stereocenters. The van der Waals surface area contributed by atoms with Crippen molar-refractivity contribution in [3.63, 3.8) is 0 Å². The minimum Gasteiger partial charge on any atom is -0.497 e. The van der Waals surface area contributed by atoms with Gasteiger partial charge >= 0.3 is 7.12 Å². The molecule has 0 amide bonds. The van der Waals surface area contributed by atoms with Crippen molar-refractivity contribution in [2.24, 2.45) is 0 Å². The van der Waals surface area contributed by atoms with Crippen LogP contribution >= 0.6 is 0 Å². The first-order chi connectivity index (χ1) is 6.19. The molecule has 0 spiro atoms. The average molecular weight is 177 g/mol. The van der Waals surface area contributed by atoms with Gasteiger partial charge in [-0.3, -0.25) is 0 Å². The lowest BCUT2D eigenvalue weighted by Crippen LogP contribution is -2.32. The number of benzene rings is 1. The van der Waals surface area contributed by atoms with Gasteiger partial charge in [0.25, 0.3) is 0 Å². The molecule has 13 heavy (non-hydrogen) atoms. The van der Waals surface area contributed by atoms with Crippen molar-refractivity contribution >= 4 is 12.6 Å². The van der Waals surface area contributed by atoms with Crippen LogP contribution in [0.3, 0.4) is 0 Å². The fourth-order valence-electron chi connectivity index (χ4n) is 0.984. The molecule has 0 atom stereocenters. The lowest BCUT2D eigenvalue weighted by molar-refractivity contribution is 0.414. The molecular formula is C8H8BNO3. The summed E-state index contributed by atoms with van der Waals surface area (Å²) in [7, 11) is -0.147. The van der Waals surface area contributed by atoms with E-state index in [9.17, 15) is 0 Å². The average Bonchev–Trinajstić information content (AvgIpc) is 2.16. The highest BCUT2D eigenvalue weighted by Gasteiger charge is 2.15. The molecule has 5 heteroatoms. The quantitative estimate of drug-likeness (QED) is 0.582. The summed E-state index contributed by atoms with van der Waals surface area (Å²) in [5, 5.41) is 26.4. The first kappa shape index (κ1) is 9.58. The summed E-state index contributed by atoms with van der Waals surface area (Å²) >= 11 is 0. The number of hydrogen-bond acceptors (Lipinski definition) is 4. The molecule has 0 aliphatic rings. The predicted octanol–water partition coefficient (Wildman–Crippen LogP) is -0.753. The molecule has 0 aromatic heterocycles. The van der Waals surface area contributed by atoms with Crippen molar-refractivity contribution in [3.8, 4) is 11.8 Å². The summed E-state index contributed by atoms with van der Waals surface area (Å²) in [5.74, 6) is 0.515. The Balaban J connectivity index is 3.18. The molecule has 0 fully saturated rings. The highest BCUT2D eigenvalue weighted by atomic mass is 16.5. The van der Waals surface area contributed by atoms with E-state index in [-0.39, 0.29) is 11.0 Å². The predicted molar refractivity (Wildman–Crippen MR) is 47.5 cm³/mol. The third-order valence-corrected chi connectivity index (χ3v) is 1.66. The molecule has 0 aliphatic heterocycles. The van der Waals surface area contributed by atoms with Crippen molar-refractivity contribution in [2.45, 2.75) is 0 Å². The zero-order chi connectivity index (χ0) is 9.84. The molecule has 0 heterocycles. The number of ether oxygens (including phenoxy) is 1. The Morgan fingerprint density at radius 3 is 2.62 bits per heavy atom. The molecular weight excluding hydrogens is 169 g/mol. The summed E-state index contributed by atoms with van der Waals surface area (Å²) in [4.78, 5) is 0. The summed E-state index contributed by atoms with van der Waals surface area (Å²) in [6, 6.07) is 6.32. The van der Waals surface area contributed by atoms with Gasteiger partial charge < -0.3 is 14.8 Å². The second kappa shape index (κ2) is 3.94. The zero-order valence-corrected chi connectivity index (χ0v) is 7.06. The smallest absolute Gasteiger partial charge is 0.489 e. The largest absolute Gasteiger partial charge is 0.497 e. The Morgan fingerprint density at radius 2 is 2.15 bits per heavy atom. The van der Waals surface area contributed by atoms with E-state index < -0.39 is 7.12 Å². The minimum absolute atomic E-state index is 0.184. The minimum atomic E-state index is -1.62. The van der Waals surface area contributed by atoms with Crippen molar-refractivity contribution in [3.05, 3.63) is 23.8 Å². The Bertz CT molecular complexity index is 346. The van der Waals surface area contributed by atoms with Crippen LogP contribution < -0.4 is 10.2 Å². The molecule has 0 aliphatic carbocycles. The first-order valence-electron chi connectivity index (χ1n) is 3.63. The number of methoxy groups -OCH3 is 1. The van der Waals surface area contributed by atoms with E-state index in [2.05, 4.69) is 0 Å². The number of hydrogen-bond donors (Lipinski definition) is 2. The van der Waals surface area contributed by atoms with Crippen LogP contribution in [0.5, 0.6) is 5.75 Å². The van der Waals surface area contributed by atoms with Gasteiger partial charge in [0.05, 0.1) is 18.7 Å². The lowest BCUT2D eigenvalue weighted by Gasteiger charge is -2.04. The van der Waals surface area contributed by atoms with Crippen LogP contribution in [0.4, 0.5) is 0 Å². The molecule has 2 N–H and O–H groups in total. The molecule has 1 aromatic carbocycles. The molecule has 0 bridgehead atoms. The molecule has 1 aromatic rings. The number of nitrogens with zero attached hydrogens (tertiary/aromatic N) is 1. The van der Waals surface area contributed by atoms with E-state index in [0.29, 0.717) is 5.75 Å². The molecule has 1 rings (SSSR count). The van der Waals surface area contributed by atoms with Crippen molar-refractivity contribution in [2.75, 3.05) is 7.11 Å². The van der Waals surface area contributed by atoms with Crippen molar-refractivity contribution in [1.29, 1.82) is 5.26 Å². The maximum atomic E-state index is 8.86. The highest BCUT2D eigenvalue weighted by Crippen LogP contribution is 2.10. The highest BCUT2D eigenvalue weighted by molar-refractivity contribution is 6.59. The Labute approximate surface area is 76.1 Å². The van der Waals surface area contributed by atoms with Crippen LogP contribution in [0.25, 0.3) is 0 Å². The lowest BCUT2D eigenvalue weighted by atomic mass is 9.77. The van der Waals surface area contributed by atoms with Crippen LogP contribution in [-0.2, 0) is 0 Å². The van der Waals surface area contributed by atoms with E-state index in [1.54, 1.807) is 6.07 Å². The van der Waals surface area contributed by atoms with E-state index >= 15 is 0 Å². The maximum absolute atomic E-state index is 8.86. The molecule has 0 saturated heterocycles. The second-order valence-electron chi connectivity index (χ2n) is 2.44. The summed E-state index contributed by atoms with van der Waals surface area (Å²) in [6.07, 6.45) is 0. The summed E-state index contributed by atoms with van der Waals surface area (Å²) in [5.41, 5.74) is 0.387. The molecule has 0 saturated carbocycles. The van der Waals surface area contributed by atoms with Gasteiger partial charge in [0.15, 0.2) is 0 Å². The van der Waals surface area contributed by atoms with Gasteiger partial charge in [-0.05, 0) is 12.1 Å². The fourth-order valence-corrected chi connectivity index (χ4v) is 0.984. The second-order valence-corrected chi connectivity index (χ2v) is 2.44. The molecule has 4 nitrogen and oxygen atoms in total. The topological polar surface area (TPSA) is 73.5 Å². The van der Waals surface area contributed by atoms with Gasteiger partial charge in [-0.2, -0.15) is 5.26 Å². The zero-order valence-electron chi connectivity index (χ0n) is 7.06. The van der Waals surface area contributed by atoms with E-state index in [1.807, 2.05) is 6.07 Å². The van der Waals surface area contributed by atoms with Gasteiger partial charge in [0, 0.05) is 5.46 Å². The molecule has 66 valence electrons. The fraction of sp³-hybridized carbons (Fsp3) is 0.125. The van der Waals surface area contributed by atoms with Gasteiger partial charge in [-0.15, -0.1) is 0 Å². The third kappa shape index (κ3) is 1.99. The normalized spacial score (nSPS) is 9.08. The molecule has 0 radical (unpaired) electrons. The van der Waals surface area contributed by atoms with Crippen LogP contribution in [0.2, 0.25) is 0 Å². The van der Waals surface area contributed by atoms with Crippen molar-refractivity contribution in [1.82, 2.24) is 0 Å². The summed E-state index contributed by atoms with van der Waals surface area (Å²) < 4.78 is 4.88. The van der Waals surface area contributed by atoms with Gasteiger partial charge in [-0.25, -0.2) is 0 Å². The van der Waals surface area contributed by atoms with E-state index in [1.165, 1.54) is 19.2 Å². The Kier molecular flexibility index (Phi) is 2.90. The Morgan fingerprint density at radius 1 is 1.46 bits per heavy atom. The first-order valence-corrected chi connectivity index (χ1v) is 3.63. The van der Waals surface area contributed by atoms with Gasteiger partial charge in [0.1, 0.15) is 5.75 Å². The maximum Gasteiger partial charge on any atom is 0.489 e. The number of nitriles is 1. The number of rotatable bonds is 2. The third-order valence-electron chi connectivity index (χ3n) is 1.66. The SMILES string of the molecule is COc1ccc(B(O)O)c(C#N)c1. The Hall–Kier alpha value is -1.51. The van der Waals surface area contributed by atoms with Crippen LogP contribution in [0, 0.1) is 11.3 Å². The van der Waals surface area contributed by atoms with E-state index in [0.717, 1.165) is 0 Å². The van der Waals surface area contributed by atoms with E-state index in [4.69, 9.17) is 20.0 Å². The van der Waals surface area contributed by atoms with Gasteiger partial charge in [0.2, 0.25) is 0 Å². The van der Waals surface area contributed by atoms with Crippen LogP contribution in [-0.4, -0.2) is 24.3 Å².